The number of benzene rings is 2. The molecule has 2 aromatic carbocycles. The highest BCUT2D eigenvalue weighted by Gasteiger charge is 2.15. The minimum atomic E-state index is -0.687. The largest absolute Gasteiger partial charge is 0.496 e. The van der Waals surface area contributed by atoms with E-state index < -0.39 is 17.5 Å². The summed E-state index contributed by atoms with van der Waals surface area (Å²) in [4.78, 5) is 8.05. The third kappa shape index (κ3) is 4.51. The van der Waals surface area contributed by atoms with E-state index >= 15 is 0 Å². The summed E-state index contributed by atoms with van der Waals surface area (Å²) in [5.74, 6) is -0.719. The van der Waals surface area contributed by atoms with Crippen LogP contribution in [0.3, 0.4) is 0 Å². The zero-order valence-corrected chi connectivity index (χ0v) is 15.4. The average Bonchev–Trinajstić information content (AvgIpc) is 2.63. The second-order valence-electron chi connectivity index (χ2n) is 5.64. The maximum absolute atomic E-state index is 14.3. The van der Waals surface area contributed by atoms with Gasteiger partial charge in [-0.25, -0.2) is 23.1 Å². The van der Waals surface area contributed by atoms with Gasteiger partial charge >= 0.3 is 0 Å². The first kappa shape index (κ1) is 19.0. The van der Waals surface area contributed by atoms with Crippen molar-refractivity contribution in [3.05, 3.63) is 65.6 Å². The van der Waals surface area contributed by atoms with Gasteiger partial charge in [-0.05, 0) is 42.2 Å². The van der Waals surface area contributed by atoms with Crippen LogP contribution < -0.4 is 10.1 Å². The summed E-state index contributed by atoms with van der Waals surface area (Å²) in [7, 11) is 1.36. The van der Waals surface area contributed by atoms with Crippen molar-refractivity contribution in [3.63, 3.8) is 0 Å². The molecule has 0 fully saturated rings. The van der Waals surface area contributed by atoms with Gasteiger partial charge < -0.3 is 10.1 Å². The van der Waals surface area contributed by atoms with Crippen molar-refractivity contribution in [2.45, 2.75) is 5.75 Å². The lowest BCUT2D eigenvalue weighted by molar-refractivity contribution is 0.412. The zero-order valence-electron chi connectivity index (χ0n) is 14.6. The van der Waals surface area contributed by atoms with E-state index in [9.17, 15) is 13.2 Å². The topological polar surface area (TPSA) is 47.0 Å². The first-order valence-electron chi connectivity index (χ1n) is 7.92. The van der Waals surface area contributed by atoms with E-state index in [-0.39, 0.29) is 23.0 Å². The first-order chi connectivity index (χ1) is 13.0. The van der Waals surface area contributed by atoms with Crippen LogP contribution in [0, 0.1) is 17.5 Å². The molecule has 0 saturated carbocycles. The summed E-state index contributed by atoms with van der Waals surface area (Å²) in [6, 6.07) is 8.22. The minimum Gasteiger partial charge on any atom is -0.496 e. The Bertz CT molecular complexity index is 969. The van der Waals surface area contributed by atoms with E-state index in [0.29, 0.717) is 11.4 Å². The van der Waals surface area contributed by atoms with Gasteiger partial charge in [0, 0.05) is 23.1 Å². The number of nitrogens with one attached hydrogen (secondary N) is 1. The average molecular weight is 391 g/mol. The Kier molecular flexibility index (Phi) is 5.85. The van der Waals surface area contributed by atoms with Crippen LogP contribution in [0.5, 0.6) is 5.75 Å². The van der Waals surface area contributed by atoms with Crippen LogP contribution in [0.1, 0.15) is 5.56 Å². The number of halogens is 3. The second-order valence-corrected chi connectivity index (χ2v) is 6.51. The molecule has 0 unspecified atom stereocenters. The number of hydrogen-bond acceptors (Lipinski definition) is 5. The Morgan fingerprint density at radius 2 is 1.89 bits per heavy atom. The highest BCUT2D eigenvalue weighted by molar-refractivity contribution is 7.97. The third-order valence-electron chi connectivity index (χ3n) is 3.69. The van der Waals surface area contributed by atoms with Gasteiger partial charge in [0.25, 0.3) is 0 Å². The van der Waals surface area contributed by atoms with E-state index in [0.717, 1.165) is 17.8 Å². The molecule has 0 aliphatic carbocycles. The van der Waals surface area contributed by atoms with Crippen molar-refractivity contribution in [1.82, 2.24) is 9.97 Å². The molecule has 0 amide bonds. The van der Waals surface area contributed by atoms with Crippen LogP contribution >= 0.6 is 11.8 Å². The Labute approximate surface area is 158 Å². The molecule has 3 rings (SSSR count). The Hall–Kier alpha value is -2.74. The van der Waals surface area contributed by atoms with Crippen LogP contribution in [-0.4, -0.2) is 23.3 Å². The molecule has 0 radical (unpaired) electrons. The van der Waals surface area contributed by atoms with Gasteiger partial charge in [0.15, 0.2) is 5.82 Å². The molecule has 0 bridgehead atoms. The number of ether oxygens (including phenoxy) is 1. The molecule has 27 heavy (non-hydrogen) atoms. The summed E-state index contributed by atoms with van der Waals surface area (Å²) in [5, 5.41) is 2.88. The predicted octanol–water partition coefficient (Wildman–Crippen LogP) is 5.18. The van der Waals surface area contributed by atoms with Crippen molar-refractivity contribution in [2.75, 3.05) is 18.7 Å². The van der Waals surface area contributed by atoms with Crippen LogP contribution in [-0.2, 0) is 5.75 Å². The Morgan fingerprint density at radius 1 is 1.07 bits per heavy atom. The van der Waals surface area contributed by atoms with Gasteiger partial charge in [-0.2, -0.15) is 11.8 Å². The van der Waals surface area contributed by atoms with E-state index in [4.69, 9.17) is 4.74 Å². The fraction of sp³-hybridized carbons (Fsp3) is 0.158. The van der Waals surface area contributed by atoms with E-state index in [1.165, 1.54) is 31.4 Å². The summed E-state index contributed by atoms with van der Waals surface area (Å²) >= 11 is 1.57. The number of nitrogens with zero attached hydrogens (tertiary/aromatic N) is 2. The number of rotatable bonds is 6. The van der Waals surface area contributed by atoms with Gasteiger partial charge in [-0.15, -0.1) is 0 Å². The summed E-state index contributed by atoms with van der Waals surface area (Å²) in [6.45, 7) is 0. The maximum Gasteiger partial charge on any atom is 0.227 e. The van der Waals surface area contributed by atoms with Crippen LogP contribution in [0.2, 0.25) is 0 Å². The molecule has 0 aliphatic heterocycles. The fourth-order valence-corrected chi connectivity index (χ4v) is 3.08. The monoisotopic (exact) mass is 391 g/mol. The number of aromatic nitrogens is 2. The molecule has 4 nitrogen and oxygen atoms in total. The fourth-order valence-electron chi connectivity index (χ4n) is 2.58. The van der Waals surface area contributed by atoms with Gasteiger partial charge in [0.2, 0.25) is 5.95 Å². The zero-order chi connectivity index (χ0) is 19.4. The van der Waals surface area contributed by atoms with Crippen LogP contribution in [0.4, 0.5) is 24.8 Å². The second kappa shape index (κ2) is 8.30. The lowest BCUT2D eigenvalue weighted by Crippen LogP contribution is -2.02. The van der Waals surface area contributed by atoms with Crippen molar-refractivity contribution in [1.29, 1.82) is 0 Å². The Balaban J connectivity index is 1.97. The lowest BCUT2D eigenvalue weighted by atomic mass is 10.1. The number of anilines is 2. The predicted molar refractivity (Wildman–Crippen MR) is 101 cm³/mol. The Morgan fingerprint density at radius 3 is 2.63 bits per heavy atom. The van der Waals surface area contributed by atoms with E-state index in [2.05, 4.69) is 15.3 Å². The summed E-state index contributed by atoms with van der Waals surface area (Å²) in [5.41, 5.74) is 1.48. The molecule has 1 heterocycles. The third-order valence-corrected chi connectivity index (χ3v) is 4.31. The van der Waals surface area contributed by atoms with Crippen molar-refractivity contribution < 1.29 is 17.9 Å². The van der Waals surface area contributed by atoms with Crippen LogP contribution in [0.15, 0.2) is 42.6 Å². The van der Waals surface area contributed by atoms with Crippen molar-refractivity contribution in [3.8, 4) is 17.0 Å². The van der Waals surface area contributed by atoms with E-state index in [1.807, 2.05) is 6.26 Å². The standard InChI is InChI=1S/C19H16F3N3OS/c1-26-17-8-12(20)3-4-15(17)18-16(22)9-23-19(25-18)24-14-6-11(10-27-2)5-13(21)7-14/h3-9H,10H2,1-2H3,(H,23,24,25). The number of hydrogen-bond donors (Lipinski definition) is 1. The molecule has 0 atom stereocenters. The highest BCUT2D eigenvalue weighted by Crippen LogP contribution is 2.31. The molecule has 3 aromatic rings. The molecule has 0 spiro atoms. The smallest absolute Gasteiger partial charge is 0.227 e. The number of methoxy groups -OCH3 is 1. The molecule has 140 valence electrons. The normalized spacial score (nSPS) is 10.7. The SMILES string of the molecule is COc1cc(F)ccc1-c1nc(Nc2cc(F)cc(CSC)c2)ncc1F. The highest BCUT2D eigenvalue weighted by atomic mass is 32.2. The van der Waals surface area contributed by atoms with E-state index in [1.54, 1.807) is 17.8 Å². The van der Waals surface area contributed by atoms with Gasteiger partial charge in [-0.1, -0.05) is 0 Å². The van der Waals surface area contributed by atoms with Gasteiger partial charge in [0.05, 0.1) is 13.3 Å². The molecule has 0 saturated heterocycles. The van der Waals surface area contributed by atoms with Gasteiger partial charge in [-0.3, -0.25) is 0 Å². The summed E-state index contributed by atoms with van der Waals surface area (Å²) < 4.78 is 46.6. The molecule has 1 aromatic heterocycles. The maximum atomic E-state index is 14.3. The molecular weight excluding hydrogens is 375 g/mol. The van der Waals surface area contributed by atoms with Crippen molar-refractivity contribution >= 4 is 23.4 Å². The first-order valence-corrected chi connectivity index (χ1v) is 9.31. The number of thioether (sulfide) groups is 1. The molecule has 1 N–H and O–H groups in total. The molecule has 0 aliphatic rings. The van der Waals surface area contributed by atoms with Crippen LogP contribution in [0.25, 0.3) is 11.3 Å². The van der Waals surface area contributed by atoms with Crippen molar-refractivity contribution in [2.24, 2.45) is 0 Å². The minimum absolute atomic E-state index is 0.0508. The summed E-state index contributed by atoms with van der Waals surface area (Å²) in [6.07, 6.45) is 2.92. The molecule has 8 heteroatoms. The van der Waals surface area contributed by atoms with Gasteiger partial charge in [0.1, 0.15) is 23.1 Å². The lowest BCUT2D eigenvalue weighted by Gasteiger charge is -2.11. The molecular formula is C19H16F3N3OS. The quantitative estimate of drug-likeness (QED) is 0.628.